The van der Waals surface area contributed by atoms with Gasteiger partial charge in [0.25, 0.3) is 0 Å². The number of hydrogen-bond donors (Lipinski definition) is 1. The van der Waals surface area contributed by atoms with E-state index in [1.165, 1.54) is 0 Å². The third-order valence-electron chi connectivity index (χ3n) is 1.67. The number of aliphatic hydroxyl groups excluding tert-OH is 1. The molecule has 0 aromatic heterocycles. The molecular formula is C6H9NOS. The molecule has 9 heavy (non-hydrogen) atoms. The Balaban J connectivity index is 2.70. The van der Waals surface area contributed by atoms with Gasteiger partial charge in [0.2, 0.25) is 0 Å². The van der Waals surface area contributed by atoms with Crippen molar-refractivity contribution in [2.75, 3.05) is 11.5 Å². The van der Waals surface area contributed by atoms with Crippen LogP contribution in [-0.4, -0.2) is 22.7 Å². The minimum atomic E-state index is -0.481. The second kappa shape index (κ2) is 2.20. The Hall–Kier alpha value is -0.200. The molecule has 1 aliphatic rings. The molecule has 2 nitrogen and oxygen atoms in total. The molecule has 1 heterocycles. The minimum absolute atomic E-state index is 0.424. The van der Waals surface area contributed by atoms with Crippen LogP contribution in [0.15, 0.2) is 0 Å². The van der Waals surface area contributed by atoms with Crippen molar-refractivity contribution in [2.24, 2.45) is 5.41 Å². The molecule has 1 fully saturated rings. The van der Waals surface area contributed by atoms with E-state index in [0.29, 0.717) is 5.75 Å². The summed E-state index contributed by atoms with van der Waals surface area (Å²) in [7, 11) is 0. The van der Waals surface area contributed by atoms with Crippen molar-refractivity contribution in [3.63, 3.8) is 0 Å². The molecule has 2 atom stereocenters. The van der Waals surface area contributed by atoms with Gasteiger partial charge in [0, 0.05) is 11.5 Å². The van der Waals surface area contributed by atoms with Crippen LogP contribution >= 0.6 is 11.8 Å². The van der Waals surface area contributed by atoms with Crippen LogP contribution < -0.4 is 0 Å². The van der Waals surface area contributed by atoms with Crippen molar-refractivity contribution in [2.45, 2.75) is 13.0 Å². The third kappa shape index (κ3) is 1.05. The van der Waals surface area contributed by atoms with Crippen molar-refractivity contribution in [3.8, 4) is 6.07 Å². The molecule has 0 aromatic carbocycles. The van der Waals surface area contributed by atoms with Crippen molar-refractivity contribution in [1.82, 2.24) is 0 Å². The van der Waals surface area contributed by atoms with Crippen LogP contribution in [0.1, 0.15) is 6.92 Å². The molecule has 1 N–H and O–H groups in total. The lowest BCUT2D eigenvalue weighted by atomic mass is 9.90. The Bertz CT molecular complexity index is 154. The number of aliphatic hydroxyl groups is 1. The molecule has 0 bridgehead atoms. The van der Waals surface area contributed by atoms with E-state index in [0.717, 1.165) is 5.75 Å². The van der Waals surface area contributed by atoms with E-state index in [1.807, 2.05) is 0 Å². The van der Waals surface area contributed by atoms with Crippen molar-refractivity contribution in [3.05, 3.63) is 0 Å². The number of nitrogens with zero attached hydrogens (tertiary/aromatic N) is 1. The fourth-order valence-corrected chi connectivity index (χ4v) is 2.16. The first-order chi connectivity index (χ1) is 4.19. The van der Waals surface area contributed by atoms with Gasteiger partial charge >= 0.3 is 0 Å². The minimum Gasteiger partial charge on any atom is -0.391 e. The van der Waals surface area contributed by atoms with Crippen LogP contribution in [0.25, 0.3) is 0 Å². The third-order valence-corrected chi connectivity index (χ3v) is 3.02. The van der Waals surface area contributed by atoms with Gasteiger partial charge in [0.15, 0.2) is 0 Å². The molecule has 0 unspecified atom stereocenters. The molecule has 0 aliphatic carbocycles. The lowest BCUT2D eigenvalue weighted by Crippen LogP contribution is -2.28. The van der Waals surface area contributed by atoms with E-state index in [-0.39, 0.29) is 0 Å². The van der Waals surface area contributed by atoms with Gasteiger partial charge in [-0.1, -0.05) is 0 Å². The van der Waals surface area contributed by atoms with Crippen molar-refractivity contribution < 1.29 is 5.11 Å². The van der Waals surface area contributed by atoms with E-state index in [2.05, 4.69) is 6.07 Å². The molecule has 1 rings (SSSR count). The topological polar surface area (TPSA) is 44.0 Å². The average molecular weight is 143 g/mol. The normalized spacial score (nSPS) is 42.6. The largest absolute Gasteiger partial charge is 0.391 e. The summed E-state index contributed by atoms with van der Waals surface area (Å²) in [4.78, 5) is 0. The molecule has 1 saturated heterocycles. The van der Waals surface area contributed by atoms with Gasteiger partial charge < -0.3 is 5.11 Å². The standard InChI is InChI=1S/C6H9NOS/c1-6(3-7)4-9-2-5(6)8/h5,8H,2,4H2,1H3/t5-,6+/m0/s1. The Labute approximate surface area is 58.9 Å². The Morgan fingerprint density at radius 2 is 2.56 bits per heavy atom. The summed E-state index contributed by atoms with van der Waals surface area (Å²) in [5.74, 6) is 1.48. The van der Waals surface area contributed by atoms with E-state index in [4.69, 9.17) is 5.26 Å². The lowest BCUT2D eigenvalue weighted by Gasteiger charge is -2.16. The predicted octanol–water partition coefficient (Wildman–Crippen LogP) is 0.624. The van der Waals surface area contributed by atoms with Crippen LogP contribution in [0.3, 0.4) is 0 Å². The number of thioether (sulfide) groups is 1. The maximum Gasteiger partial charge on any atom is 0.0902 e. The molecule has 0 amide bonds. The highest BCUT2D eigenvalue weighted by Crippen LogP contribution is 2.34. The van der Waals surface area contributed by atoms with Crippen LogP contribution in [0.5, 0.6) is 0 Å². The fraction of sp³-hybridized carbons (Fsp3) is 0.833. The first-order valence-electron chi connectivity index (χ1n) is 2.86. The van der Waals surface area contributed by atoms with Crippen LogP contribution in [0.4, 0.5) is 0 Å². The van der Waals surface area contributed by atoms with Gasteiger partial charge in [-0.15, -0.1) is 0 Å². The fourth-order valence-electron chi connectivity index (χ4n) is 0.769. The van der Waals surface area contributed by atoms with E-state index < -0.39 is 11.5 Å². The zero-order valence-corrected chi connectivity index (χ0v) is 6.11. The summed E-state index contributed by atoms with van der Waals surface area (Å²) in [6, 6.07) is 2.12. The SMILES string of the molecule is C[C@@]1(C#N)CSC[C@@H]1O. The molecular weight excluding hydrogens is 134 g/mol. The quantitative estimate of drug-likeness (QED) is 0.540. The van der Waals surface area contributed by atoms with Gasteiger partial charge in [0.05, 0.1) is 17.6 Å². The highest BCUT2D eigenvalue weighted by atomic mass is 32.2. The van der Waals surface area contributed by atoms with Crippen LogP contribution in [0.2, 0.25) is 0 Å². The molecule has 50 valence electrons. The highest BCUT2D eigenvalue weighted by Gasteiger charge is 2.38. The zero-order chi connectivity index (χ0) is 6.91. The number of nitriles is 1. The molecule has 3 heteroatoms. The van der Waals surface area contributed by atoms with Crippen LogP contribution in [-0.2, 0) is 0 Å². The Kier molecular flexibility index (Phi) is 1.69. The second-order valence-electron chi connectivity index (χ2n) is 2.56. The molecule has 1 aliphatic heterocycles. The maximum atomic E-state index is 9.20. The van der Waals surface area contributed by atoms with E-state index >= 15 is 0 Å². The van der Waals surface area contributed by atoms with Crippen LogP contribution in [0, 0.1) is 16.7 Å². The zero-order valence-electron chi connectivity index (χ0n) is 5.29. The first kappa shape index (κ1) is 6.91. The van der Waals surface area contributed by atoms with E-state index in [9.17, 15) is 5.11 Å². The monoisotopic (exact) mass is 143 g/mol. The Morgan fingerprint density at radius 1 is 1.89 bits per heavy atom. The Morgan fingerprint density at radius 3 is 2.78 bits per heavy atom. The van der Waals surface area contributed by atoms with Gasteiger partial charge in [-0.3, -0.25) is 0 Å². The maximum absolute atomic E-state index is 9.20. The summed E-state index contributed by atoms with van der Waals surface area (Å²) in [6.45, 7) is 1.80. The summed E-state index contributed by atoms with van der Waals surface area (Å²) in [5, 5.41) is 17.8. The number of rotatable bonds is 0. The summed E-state index contributed by atoms with van der Waals surface area (Å²) in [5.41, 5.74) is -0.481. The summed E-state index contributed by atoms with van der Waals surface area (Å²) >= 11 is 1.64. The predicted molar refractivity (Wildman–Crippen MR) is 37.1 cm³/mol. The van der Waals surface area contributed by atoms with Gasteiger partial charge in [-0.25, -0.2) is 0 Å². The van der Waals surface area contributed by atoms with Gasteiger partial charge in [0.1, 0.15) is 0 Å². The van der Waals surface area contributed by atoms with Gasteiger partial charge in [-0.05, 0) is 6.92 Å². The smallest absolute Gasteiger partial charge is 0.0902 e. The van der Waals surface area contributed by atoms with Crippen molar-refractivity contribution in [1.29, 1.82) is 5.26 Å². The number of hydrogen-bond acceptors (Lipinski definition) is 3. The van der Waals surface area contributed by atoms with E-state index in [1.54, 1.807) is 18.7 Å². The lowest BCUT2D eigenvalue weighted by molar-refractivity contribution is 0.120. The molecule has 0 spiro atoms. The summed E-state index contributed by atoms with van der Waals surface area (Å²) in [6.07, 6.45) is -0.424. The first-order valence-corrected chi connectivity index (χ1v) is 4.01. The van der Waals surface area contributed by atoms with Gasteiger partial charge in [-0.2, -0.15) is 17.0 Å². The molecule has 0 aromatic rings. The second-order valence-corrected chi connectivity index (χ2v) is 3.59. The molecule has 0 radical (unpaired) electrons. The molecule has 0 saturated carbocycles. The van der Waals surface area contributed by atoms with Crippen molar-refractivity contribution >= 4 is 11.8 Å². The summed E-state index contributed by atoms with van der Waals surface area (Å²) < 4.78 is 0. The average Bonchev–Trinajstić information content (AvgIpc) is 2.15. The highest BCUT2D eigenvalue weighted by molar-refractivity contribution is 7.99.